The fraction of sp³-hybridized carbons (Fsp3) is 0.833. The molecule has 1 aromatic rings. The summed E-state index contributed by atoms with van der Waals surface area (Å²) in [6.45, 7) is 3.20. The average Bonchev–Trinajstić information content (AvgIpc) is 2.69. The third kappa shape index (κ3) is 1.47. The average molecular weight is 220 g/mol. The molecule has 3 rings (SSSR count). The van der Waals surface area contributed by atoms with E-state index in [-0.39, 0.29) is 0 Å². The second-order valence-electron chi connectivity index (χ2n) is 5.15. The van der Waals surface area contributed by atoms with Crippen LogP contribution in [0.15, 0.2) is 6.20 Å². The van der Waals surface area contributed by atoms with E-state index < -0.39 is 0 Å². The SMILES string of the molecule is CCNC(c1cnnn1C)C1C2CCCC21. The minimum atomic E-state index is 0.473. The summed E-state index contributed by atoms with van der Waals surface area (Å²) in [5.41, 5.74) is 1.25. The van der Waals surface area contributed by atoms with Gasteiger partial charge in [-0.1, -0.05) is 18.6 Å². The zero-order valence-corrected chi connectivity index (χ0v) is 10.1. The Kier molecular flexibility index (Phi) is 2.46. The monoisotopic (exact) mass is 220 g/mol. The van der Waals surface area contributed by atoms with Crippen molar-refractivity contribution >= 4 is 0 Å². The van der Waals surface area contributed by atoms with Crippen molar-refractivity contribution in [3.8, 4) is 0 Å². The highest BCUT2D eigenvalue weighted by molar-refractivity contribution is 5.14. The van der Waals surface area contributed by atoms with Crippen molar-refractivity contribution < 1.29 is 0 Å². The molecule has 0 amide bonds. The maximum Gasteiger partial charge on any atom is 0.0756 e. The van der Waals surface area contributed by atoms with Gasteiger partial charge in [0.15, 0.2) is 0 Å². The van der Waals surface area contributed by atoms with Crippen LogP contribution in [-0.2, 0) is 7.05 Å². The van der Waals surface area contributed by atoms with E-state index in [0.29, 0.717) is 6.04 Å². The first kappa shape index (κ1) is 10.3. The molecule has 3 atom stereocenters. The molecule has 0 radical (unpaired) electrons. The van der Waals surface area contributed by atoms with Crippen molar-refractivity contribution in [1.29, 1.82) is 0 Å². The van der Waals surface area contributed by atoms with E-state index in [0.717, 1.165) is 24.3 Å². The third-order valence-corrected chi connectivity index (χ3v) is 4.35. The maximum atomic E-state index is 4.05. The van der Waals surface area contributed by atoms with Crippen LogP contribution in [0.2, 0.25) is 0 Å². The van der Waals surface area contributed by atoms with Crippen molar-refractivity contribution in [1.82, 2.24) is 20.3 Å². The molecule has 0 spiro atoms. The van der Waals surface area contributed by atoms with Gasteiger partial charge in [0.25, 0.3) is 0 Å². The third-order valence-electron chi connectivity index (χ3n) is 4.35. The summed E-state index contributed by atoms with van der Waals surface area (Å²) in [4.78, 5) is 0. The summed E-state index contributed by atoms with van der Waals surface area (Å²) in [6, 6.07) is 0.473. The first-order chi connectivity index (χ1) is 7.83. The Labute approximate surface area is 96.4 Å². The summed E-state index contributed by atoms with van der Waals surface area (Å²) in [5.74, 6) is 2.78. The topological polar surface area (TPSA) is 42.7 Å². The highest BCUT2D eigenvalue weighted by Crippen LogP contribution is 2.62. The van der Waals surface area contributed by atoms with E-state index in [2.05, 4.69) is 22.6 Å². The standard InChI is InChI=1S/C12H20N4/c1-3-13-12(10-7-14-15-16(10)2)11-8-5-4-6-9(8)11/h7-9,11-13H,3-6H2,1-2H3. The highest BCUT2D eigenvalue weighted by Gasteiger charge is 2.56. The molecule has 0 aromatic carbocycles. The number of nitrogens with one attached hydrogen (secondary N) is 1. The molecule has 16 heavy (non-hydrogen) atoms. The minimum Gasteiger partial charge on any atom is -0.309 e. The molecule has 2 aliphatic rings. The predicted molar refractivity (Wildman–Crippen MR) is 61.7 cm³/mol. The molecule has 1 N–H and O–H groups in total. The Morgan fingerprint density at radius 3 is 2.81 bits per heavy atom. The van der Waals surface area contributed by atoms with Gasteiger partial charge in [-0.25, -0.2) is 0 Å². The molecule has 3 unspecified atom stereocenters. The number of hydrogen-bond donors (Lipinski definition) is 1. The van der Waals surface area contributed by atoms with E-state index in [4.69, 9.17) is 0 Å². The maximum absolute atomic E-state index is 4.05. The largest absolute Gasteiger partial charge is 0.309 e. The Balaban J connectivity index is 1.80. The number of hydrogen-bond acceptors (Lipinski definition) is 3. The molecule has 1 heterocycles. The quantitative estimate of drug-likeness (QED) is 0.836. The summed E-state index contributed by atoms with van der Waals surface area (Å²) in [7, 11) is 1.99. The molecule has 88 valence electrons. The summed E-state index contributed by atoms with van der Waals surface area (Å²) in [5, 5.41) is 11.7. The van der Waals surface area contributed by atoms with Crippen LogP contribution in [0, 0.1) is 17.8 Å². The summed E-state index contributed by atoms with van der Waals surface area (Å²) in [6.07, 6.45) is 6.22. The van der Waals surface area contributed by atoms with Gasteiger partial charge in [-0.05, 0) is 37.1 Å². The fourth-order valence-electron chi connectivity index (χ4n) is 3.61. The van der Waals surface area contributed by atoms with Crippen molar-refractivity contribution in [3.05, 3.63) is 11.9 Å². The minimum absolute atomic E-state index is 0.473. The van der Waals surface area contributed by atoms with Crippen LogP contribution >= 0.6 is 0 Å². The molecule has 1 aromatic heterocycles. The number of aryl methyl sites for hydroxylation is 1. The molecule has 2 aliphatic carbocycles. The van der Waals surface area contributed by atoms with Crippen LogP contribution < -0.4 is 5.32 Å². The van der Waals surface area contributed by atoms with Crippen LogP contribution in [0.4, 0.5) is 0 Å². The Morgan fingerprint density at radius 1 is 1.50 bits per heavy atom. The number of nitrogens with zero attached hydrogens (tertiary/aromatic N) is 3. The van der Waals surface area contributed by atoms with Gasteiger partial charge in [0, 0.05) is 7.05 Å². The lowest BCUT2D eigenvalue weighted by Crippen LogP contribution is -2.26. The lowest BCUT2D eigenvalue weighted by Gasteiger charge is -2.19. The molecule has 0 saturated heterocycles. The molecule has 4 heteroatoms. The van der Waals surface area contributed by atoms with E-state index in [1.54, 1.807) is 0 Å². The molecule has 2 fully saturated rings. The second-order valence-corrected chi connectivity index (χ2v) is 5.15. The first-order valence-electron chi connectivity index (χ1n) is 6.41. The number of aromatic nitrogens is 3. The summed E-state index contributed by atoms with van der Waals surface area (Å²) < 4.78 is 1.92. The zero-order chi connectivity index (χ0) is 11.1. The lowest BCUT2D eigenvalue weighted by molar-refractivity contribution is 0.404. The Hall–Kier alpha value is -0.900. The zero-order valence-electron chi connectivity index (χ0n) is 10.1. The highest BCUT2D eigenvalue weighted by atomic mass is 15.4. The molecular weight excluding hydrogens is 200 g/mol. The van der Waals surface area contributed by atoms with Crippen LogP contribution in [0.25, 0.3) is 0 Å². The Morgan fingerprint density at radius 2 is 2.25 bits per heavy atom. The second kappa shape index (κ2) is 3.84. The van der Waals surface area contributed by atoms with Crippen molar-refractivity contribution in [3.63, 3.8) is 0 Å². The van der Waals surface area contributed by atoms with Gasteiger partial charge in [-0.2, -0.15) is 0 Å². The fourth-order valence-corrected chi connectivity index (χ4v) is 3.61. The van der Waals surface area contributed by atoms with Crippen molar-refractivity contribution in [2.75, 3.05) is 6.54 Å². The molecule has 4 nitrogen and oxygen atoms in total. The van der Waals surface area contributed by atoms with E-state index in [1.165, 1.54) is 25.0 Å². The van der Waals surface area contributed by atoms with Crippen LogP contribution in [0.5, 0.6) is 0 Å². The molecule has 0 bridgehead atoms. The van der Waals surface area contributed by atoms with Gasteiger partial charge in [0.05, 0.1) is 17.9 Å². The van der Waals surface area contributed by atoms with Gasteiger partial charge >= 0.3 is 0 Å². The van der Waals surface area contributed by atoms with Gasteiger partial charge < -0.3 is 5.32 Å². The smallest absolute Gasteiger partial charge is 0.0756 e. The molecule has 2 saturated carbocycles. The van der Waals surface area contributed by atoms with Crippen LogP contribution in [-0.4, -0.2) is 21.5 Å². The number of fused-ring (bicyclic) bond motifs is 1. The Bertz CT molecular complexity index is 363. The van der Waals surface area contributed by atoms with Crippen LogP contribution in [0.1, 0.15) is 37.9 Å². The van der Waals surface area contributed by atoms with E-state index in [9.17, 15) is 0 Å². The van der Waals surface area contributed by atoms with Crippen LogP contribution in [0.3, 0.4) is 0 Å². The predicted octanol–water partition coefficient (Wildman–Crippen LogP) is 1.51. The normalized spacial score (nSPS) is 33.8. The van der Waals surface area contributed by atoms with E-state index >= 15 is 0 Å². The van der Waals surface area contributed by atoms with Gasteiger partial charge in [0.2, 0.25) is 0 Å². The van der Waals surface area contributed by atoms with Gasteiger partial charge in [-0.15, -0.1) is 5.10 Å². The van der Waals surface area contributed by atoms with Gasteiger partial charge in [0.1, 0.15) is 0 Å². The van der Waals surface area contributed by atoms with Gasteiger partial charge in [-0.3, -0.25) is 4.68 Å². The molecular formula is C12H20N4. The first-order valence-corrected chi connectivity index (χ1v) is 6.41. The molecule has 0 aliphatic heterocycles. The lowest BCUT2D eigenvalue weighted by atomic mass is 10.0. The van der Waals surface area contributed by atoms with Crippen molar-refractivity contribution in [2.45, 2.75) is 32.2 Å². The number of rotatable bonds is 4. The summed E-state index contributed by atoms with van der Waals surface area (Å²) >= 11 is 0. The van der Waals surface area contributed by atoms with E-state index in [1.807, 2.05) is 17.9 Å². The van der Waals surface area contributed by atoms with Crippen molar-refractivity contribution in [2.24, 2.45) is 24.8 Å².